The number of hydrogen-bond donors (Lipinski definition) is 0. The summed E-state index contributed by atoms with van der Waals surface area (Å²) in [5.41, 5.74) is 1.35. The van der Waals surface area contributed by atoms with Crippen LogP contribution in [0.2, 0.25) is 0 Å². The fraction of sp³-hybridized carbons (Fsp3) is 0.731. The van der Waals surface area contributed by atoms with Crippen LogP contribution in [0.4, 0.5) is 0 Å². The zero-order valence-electron chi connectivity index (χ0n) is 18.3. The van der Waals surface area contributed by atoms with Crippen molar-refractivity contribution in [1.82, 2.24) is 4.90 Å². The zero-order valence-corrected chi connectivity index (χ0v) is 18.3. The molecule has 4 aliphatic rings. The number of carbonyl (C=O) groups excluding carboxylic acids is 1. The lowest BCUT2D eigenvalue weighted by molar-refractivity contribution is -0.120. The number of nitrogens with zero attached hydrogens (tertiary/aromatic N) is 1. The predicted octanol–water partition coefficient (Wildman–Crippen LogP) is 5.55. The molecule has 1 aromatic carbocycles. The number of carbonyl (C=O) groups is 1. The molecule has 5 rings (SSSR count). The molecule has 1 aromatic rings. The highest BCUT2D eigenvalue weighted by molar-refractivity contribution is 5.79. The van der Waals surface area contributed by atoms with E-state index in [-0.39, 0.29) is 0 Å². The Balaban J connectivity index is 1.01. The quantitative estimate of drug-likeness (QED) is 0.562. The van der Waals surface area contributed by atoms with E-state index < -0.39 is 0 Å². The first-order valence-corrected chi connectivity index (χ1v) is 12.4. The highest BCUT2D eigenvalue weighted by Gasteiger charge is 2.29. The SMILES string of the molecule is O=C(CC1CCC(CCN2CCC(c3cccc4c3OCO4)CC2)CC1)CC1CC1. The Morgan fingerprint density at radius 2 is 1.53 bits per heavy atom. The molecular weight excluding hydrogens is 374 g/mol. The van der Waals surface area contributed by atoms with Crippen LogP contribution in [0.3, 0.4) is 0 Å². The lowest BCUT2D eigenvalue weighted by atomic mass is 9.78. The first kappa shape index (κ1) is 20.4. The summed E-state index contributed by atoms with van der Waals surface area (Å²) < 4.78 is 11.3. The number of para-hydroxylation sites is 1. The van der Waals surface area contributed by atoms with Crippen LogP contribution in [0.1, 0.15) is 82.1 Å². The Morgan fingerprint density at radius 1 is 0.867 bits per heavy atom. The van der Waals surface area contributed by atoms with Crippen molar-refractivity contribution in [2.75, 3.05) is 26.4 Å². The number of benzene rings is 1. The number of hydrogen-bond acceptors (Lipinski definition) is 4. The van der Waals surface area contributed by atoms with E-state index in [0.29, 0.717) is 24.4 Å². The fourth-order valence-corrected chi connectivity index (χ4v) is 5.88. The lowest BCUT2D eigenvalue weighted by Crippen LogP contribution is -2.34. The van der Waals surface area contributed by atoms with E-state index in [1.807, 2.05) is 6.07 Å². The maximum atomic E-state index is 12.1. The number of fused-ring (bicyclic) bond motifs is 1. The van der Waals surface area contributed by atoms with Crippen LogP contribution in [-0.2, 0) is 4.79 Å². The third-order valence-corrected chi connectivity index (χ3v) is 8.00. The summed E-state index contributed by atoms with van der Waals surface area (Å²) in [6, 6.07) is 6.34. The summed E-state index contributed by atoms with van der Waals surface area (Å²) in [5, 5.41) is 0. The maximum absolute atomic E-state index is 12.1. The molecule has 0 atom stereocenters. The van der Waals surface area contributed by atoms with E-state index in [9.17, 15) is 4.79 Å². The Bertz CT molecular complexity index is 728. The van der Waals surface area contributed by atoms with Crippen molar-refractivity contribution in [3.63, 3.8) is 0 Å². The zero-order chi connectivity index (χ0) is 20.3. The molecule has 2 aliphatic heterocycles. The van der Waals surface area contributed by atoms with Crippen LogP contribution < -0.4 is 9.47 Å². The molecular formula is C26H37NO3. The summed E-state index contributed by atoms with van der Waals surface area (Å²) in [6.45, 7) is 4.00. The van der Waals surface area contributed by atoms with Gasteiger partial charge in [0.05, 0.1) is 0 Å². The van der Waals surface area contributed by atoms with Gasteiger partial charge < -0.3 is 14.4 Å². The van der Waals surface area contributed by atoms with Crippen LogP contribution in [0.5, 0.6) is 11.5 Å². The van der Waals surface area contributed by atoms with E-state index in [1.165, 1.54) is 83.0 Å². The van der Waals surface area contributed by atoms with E-state index in [2.05, 4.69) is 17.0 Å². The lowest BCUT2D eigenvalue weighted by Gasteiger charge is -2.34. The number of likely N-dealkylation sites (tertiary alicyclic amines) is 1. The third-order valence-electron chi connectivity index (χ3n) is 8.00. The van der Waals surface area contributed by atoms with E-state index in [1.54, 1.807) is 0 Å². The normalized spacial score (nSPS) is 27.3. The van der Waals surface area contributed by atoms with E-state index in [4.69, 9.17) is 9.47 Å². The second-order valence-electron chi connectivity index (χ2n) is 10.3. The molecule has 0 aromatic heterocycles. The van der Waals surface area contributed by atoms with Gasteiger partial charge >= 0.3 is 0 Å². The molecule has 2 heterocycles. The van der Waals surface area contributed by atoms with Crippen molar-refractivity contribution in [3.05, 3.63) is 23.8 Å². The molecule has 3 fully saturated rings. The number of ether oxygens (including phenoxy) is 2. The number of Topliss-reactive ketones (excluding diaryl/α,β-unsaturated/α-hetero) is 1. The molecule has 4 nitrogen and oxygen atoms in total. The molecule has 0 bridgehead atoms. The van der Waals surface area contributed by atoms with Gasteiger partial charge in [0.1, 0.15) is 5.78 Å². The van der Waals surface area contributed by atoms with E-state index >= 15 is 0 Å². The van der Waals surface area contributed by atoms with Crippen molar-refractivity contribution < 1.29 is 14.3 Å². The monoisotopic (exact) mass is 411 g/mol. The molecule has 0 radical (unpaired) electrons. The van der Waals surface area contributed by atoms with Gasteiger partial charge in [0, 0.05) is 18.4 Å². The van der Waals surface area contributed by atoms with Crippen LogP contribution in [0, 0.1) is 17.8 Å². The maximum Gasteiger partial charge on any atom is 0.231 e. The largest absolute Gasteiger partial charge is 0.454 e. The van der Waals surface area contributed by atoms with Crippen LogP contribution >= 0.6 is 0 Å². The van der Waals surface area contributed by atoms with Gasteiger partial charge in [-0.2, -0.15) is 0 Å². The first-order valence-electron chi connectivity index (χ1n) is 12.4. The highest BCUT2D eigenvalue weighted by atomic mass is 16.7. The van der Waals surface area contributed by atoms with Gasteiger partial charge in [-0.1, -0.05) is 25.0 Å². The molecule has 2 aliphatic carbocycles. The molecule has 2 saturated carbocycles. The molecule has 164 valence electrons. The standard InChI is InChI=1S/C26H37NO3/c28-23(17-21-8-9-21)16-20-6-4-19(5-7-20)10-13-27-14-11-22(12-15-27)24-2-1-3-25-26(24)30-18-29-25/h1-3,19-22H,4-18H2. The van der Waals surface area contributed by atoms with Gasteiger partial charge in [0.25, 0.3) is 0 Å². The average molecular weight is 412 g/mol. The third kappa shape index (κ3) is 5.01. The predicted molar refractivity (Wildman–Crippen MR) is 118 cm³/mol. The van der Waals surface area contributed by atoms with Crippen molar-refractivity contribution in [1.29, 1.82) is 0 Å². The second-order valence-corrected chi connectivity index (χ2v) is 10.3. The number of ketones is 1. The Morgan fingerprint density at radius 3 is 2.23 bits per heavy atom. The van der Waals surface area contributed by atoms with Gasteiger partial charge in [-0.3, -0.25) is 4.79 Å². The van der Waals surface area contributed by atoms with Gasteiger partial charge in [0.2, 0.25) is 6.79 Å². The van der Waals surface area contributed by atoms with Crippen molar-refractivity contribution >= 4 is 5.78 Å². The Kier molecular flexibility index (Phi) is 6.31. The number of piperidine rings is 1. The molecule has 0 unspecified atom stereocenters. The minimum atomic E-state index is 0.363. The van der Waals surface area contributed by atoms with Crippen LogP contribution in [0.25, 0.3) is 0 Å². The van der Waals surface area contributed by atoms with Crippen molar-refractivity contribution in [3.8, 4) is 11.5 Å². The van der Waals surface area contributed by atoms with E-state index in [0.717, 1.165) is 36.2 Å². The molecule has 1 saturated heterocycles. The summed E-state index contributed by atoms with van der Waals surface area (Å²) >= 11 is 0. The van der Waals surface area contributed by atoms with Gasteiger partial charge in [-0.15, -0.1) is 0 Å². The smallest absolute Gasteiger partial charge is 0.231 e. The second kappa shape index (κ2) is 9.30. The fourth-order valence-electron chi connectivity index (χ4n) is 5.88. The topological polar surface area (TPSA) is 38.8 Å². The Hall–Kier alpha value is -1.55. The highest BCUT2D eigenvalue weighted by Crippen LogP contribution is 2.42. The summed E-state index contributed by atoms with van der Waals surface area (Å²) in [7, 11) is 0. The average Bonchev–Trinajstić information content (AvgIpc) is 3.45. The van der Waals surface area contributed by atoms with Gasteiger partial charge in [0.15, 0.2) is 11.5 Å². The minimum absolute atomic E-state index is 0.363. The molecule has 4 heteroatoms. The van der Waals surface area contributed by atoms with Crippen molar-refractivity contribution in [2.24, 2.45) is 17.8 Å². The summed E-state index contributed by atoms with van der Waals surface area (Å²) in [4.78, 5) is 14.8. The van der Waals surface area contributed by atoms with Gasteiger partial charge in [-0.05, 0) is 94.3 Å². The van der Waals surface area contributed by atoms with Crippen molar-refractivity contribution in [2.45, 2.75) is 76.5 Å². The first-order chi connectivity index (χ1) is 14.7. The molecule has 0 amide bonds. The molecule has 30 heavy (non-hydrogen) atoms. The Labute approximate surface area is 181 Å². The molecule has 0 spiro atoms. The van der Waals surface area contributed by atoms with Gasteiger partial charge in [-0.25, -0.2) is 0 Å². The number of rotatable bonds is 8. The minimum Gasteiger partial charge on any atom is -0.454 e. The van der Waals surface area contributed by atoms with Crippen LogP contribution in [0.15, 0.2) is 18.2 Å². The summed E-state index contributed by atoms with van der Waals surface area (Å²) in [5.74, 6) is 5.36. The summed E-state index contributed by atoms with van der Waals surface area (Å²) in [6.07, 6.45) is 13.4. The molecule has 0 N–H and O–H groups in total. The van der Waals surface area contributed by atoms with Crippen LogP contribution in [-0.4, -0.2) is 37.1 Å².